The molecule has 3 heterocycles. The summed E-state index contributed by atoms with van der Waals surface area (Å²) in [6.45, 7) is 3.47. The van der Waals surface area contributed by atoms with Crippen molar-refractivity contribution in [2.24, 2.45) is 5.92 Å². The molecule has 7 nitrogen and oxygen atoms in total. The molecule has 10 heteroatoms. The van der Waals surface area contributed by atoms with Crippen molar-refractivity contribution in [1.82, 2.24) is 20.1 Å². The van der Waals surface area contributed by atoms with Crippen LogP contribution in [0.2, 0.25) is 0 Å². The lowest BCUT2D eigenvalue weighted by atomic mass is 9.99. The number of alkyl halides is 3. The van der Waals surface area contributed by atoms with Crippen LogP contribution in [0, 0.1) is 5.92 Å². The molecule has 0 bridgehead atoms. The molecule has 1 aromatic carbocycles. The van der Waals surface area contributed by atoms with Crippen LogP contribution in [0.4, 0.5) is 13.2 Å². The minimum atomic E-state index is -4.26. The molecule has 1 aromatic heterocycles. The third-order valence-corrected chi connectivity index (χ3v) is 5.34. The number of fused-ring (bicyclic) bond motifs is 2. The van der Waals surface area contributed by atoms with E-state index in [9.17, 15) is 18.0 Å². The number of carbonyl (C=O) groups is 1. The number of aromatic nitrogens is 3. The summed E-state index contributed by atoms with van der Waals surface area (Å²) in [5.74, 6) is 0.100. The van der Waals surface area contributed by atoms with E-state index in [0.29, 0.717) is 23.1 Å². The van der Waals surface area contributed by atoms with Gasteiger partial charge in [-0.15, -0.1) is 10.2 Å². The monoisotopic (exact) mass is 424 g/mol. The lowest BCUT2D eigenvalue weighted by Crippen LogP contribution is -2.34. The number of amides is 1. The molecule has 2 aliphatic rings. The van der Waals surface area contributed by atoms with Gasteiger partial charge in [-0.1, -0.05) is 12.1 Å². The van der Waals surface area contributed by atoms with Gasteiger partial charge in [0.25, 0.3) is 5.91 Å². The molecule has 0 spiro atoms. The zero-order valence-electron chi connectivity index (χ0n) is 16.8. The number of benzene rings is 1. The van der Waals surface area contributed by atoms with E-state index in [1.165, 1.54) is 4.57 Å². The van der Waals surface area contributed by atoms with E-state index in [-0.39, 0.29) is 38.1 Å². The van der Waals surface area contributed by atoms with E-state index >= 15 is 0 Å². The lowest BCUT2D eigenvalue weighted by Gasteiger charge is -2.26. The van der Waals surface area contributed by atoms with Crippen molar-refractivity contribution in [3.63, 3.8) is 0 Å². The SMILES string of the molecule is CC1(C)Cc2cccc(OCC(=O)NCc3nnc4n3C[C@@H](C(F)(F)F)CC4)c2O1. The molecule has 0 fully saturated rings. The van der Waals surface area contributed by atoms with Crippen LogP contribution in [-0.2, 0) is 30.7 Å². The van der Waals surface area contributed by atoms with E-state index in [1.807, 2.05) is 26.0 Å². The van der Waals surface area contributed by atoms with Crippen LogP contribution < -0.4 is 14.8 Å². The Kier molecular flexibility index (Phi) is 5.11. The van der Waals surface area contributed by atoms with Crippen LogP contribution in [0.5, 0.6) is 11.5 Å². The average molecular weight is 424 g/mol. The molecule has 2 aliphatic heterocycles. The van der Waals surface area contributed by atoms with Crippen molar-refractivity contribution in [3.8, 4) is 11.5 Å². The Bertz CT molecular complexity index is 955. The summed E-state index contributed by atoms with van der Waals surface area (Å²) < 4.78 is 52.1. The maximum atomic E-state index is 13.0. The van der Waals surface area contributed by atoms with Crippen LogP contribution in [0.3, 0.4) is 0 Å². The van der Waals surface area contributed by atoms with Crippen LogP contribution in [0.15, 0.2) is 18.2 Å². The van der Waals surface area contributed by atoms with Gasteiger partial charge in [0.15, 0.2) is 23.9 Å². The predicted molar refractivity (Wildman–Crippen MR) is 100 cm³/mol. The highest BCUT2D eigenvalue weighted by Gasteiger charge is 2.42. The predicted octanol–water partition coefficient (Wildman–Crippen LogP) is 2.81. The van der Waals surface area contributed by atoms with Crippen LogP contribution in [-0.4, -0.2) is 39.1 Å². The van der Waals surface area contributed by atoms with Crippen molar-refractivity contribution in [1.29, 1.82) is 0 Å². The van der Waals surface area contributed by atoms with Gasteiger partial charge in [-0.3, -0.25) is 4.79 Å². The summed E-state index contributed by atoms with van der Waals surface area (Å²) in [5.41, 5.74) is 0.692. The molecule has 0 unspecified atom stereocenters. The molecule has 0 radical (unpaired) electrons. The topological polar surface area (TPSA) is 78.3 Å². The van der Waals surface area contributed by atoms with Gasteiger partial charge in [0.05, 0.1) is 12.5 Å². The highest BCUT2D eigenvalue weighted by Crippen LogP contribution is 2.41. The maximum Gasteiger partial charge on any atom is 0.393 e. The first-order valence-electron chi connectivity index (χ1n) is 9.80. The van der Waals surface area contributed by atoms with Crippen molar-refractivity contribution < 1.29 is 27.4 Å². The van der Waals surface area contributed by atoms with Gasteiger partial charge >= 0.3 is 6.18 Å². The van der Waals surface area contributed by atoms with Gasteiger partial charge in [0.1, 0.15) is 11.4 Å². The van der Waals surface area contributed by atoms with Crippen LogP contribution in [0.1, 0.15) is 37.5 Å². The summed E-state index contributed by atoms with van der Waals surface area (Å²) >= 11 is 0. The normalized spacial score (nSPS) is 19.6. The third kappa shape index (κ3) is 4.22. The summed E-state index contributed by atoms with van der Waals surface area (Å²) in [5, 5.41) is 10.5. The Morgan fingerprint density at radius 3 is 2.93 bits per heavy atom. The Hall–Kier alpha value is -2.78. The van der Waals surface area contributed by atoms with E-state index in [4.69, 9.17) is 9.47 Å². The largest absolute Gasteiger partial charge is 0.483 e. The van der Waals surface area contributed by atoms with E-state index in [0.717, 1.165) is 12.0 Å². The molecule has 1 atom stereocenters. The summed E-state index contributed by atoms with van der Waals surface area (Å²) in [6.07, 6.45) is -3.29. The molecular weight excluding hydrogens is 401 g/mol. The van der Waals surface area contributed by atoms with Gasteiger partial charge in [0.2, 0.25) is 0 Å². The average Bonchev–Trinajstić information content (AvgIpc) is 3.22. The smallest absolute Gasteiger partial charge is 0.393 e. The molecule has 2 aromatic rings. The fourth-order valence-electron chi connectivity index (χ4n) is 3.85. The second-order valence-corrected chi connectivity index (χ2v) is 8.27. The molecule has 1 N–H and O–H groups in total. The number of rotatable bonds is 5. The summed E-state index contributed by atoms with van der Waals surface area (Å²) in [7, 11) is 0. The number of halogens is 3. The fourth-order valence-corrected chi connectivity index (χ4v) is 3.85. The number of hydrogen-bond acceptors (Lipinski definition) is 5. The first-order chi connectivity index (χ1) is 14.1. The molecule has 30 heavy (non-hydrogen) atoms. The van der Waals surface area contributed by atoms with Crippen LogP contribution in [0.25, 0.3) is 0 Å². The molecule has 162 valence electrons. The molecule has 1 amide bonds. The van der Waals surface area contributed by atoms with Crippen molar-refractivity contribution in [2.45, 2.75) is 58.0 Å². The maximum absolute atomic E-state index is 13.0. The minimum absolute atomic E-state index is 0.00209. The fraction of sp³-hybridized carbons (Fsp3) is 0.550. The van der Waals surface area contributed by atoms with Crippen molar-refractivity contribution >= 4 is 5.91 Å². The highest BCUT2D eigenvalue weighted by molar-refractivity contribution is 5.77. The highest BCUT2D eigenvalue weighted by atomic mass is 19.4. The number of hydrogen-bond donors (Lipinski definition) is 1. The number of nitrogens with zero attached hydrogens (tertiary/aromatic N) is 3. The zero-order chi connectivity index (χ0) is 21.5. The lowest BCUT2D eigenvalue weighted by molar-refractivity contribution is -0.182. The second kappa shape index (κ2) is 7.48. The van der Waals surface area contributed by atoms with Crippen molar-refractivity contribution in [3.05, 3.63) is 35.4 Å². The van der Waals surface area contributed by atoms with Crippen molar-refractivity contribution in [2.75, 3.05) is 6.61 Å². The van der Waals surface area contributed by atoms with Gasteiger partial charge in [-0.05, 0) is 26.3 Å². The standard InChI is InChI=1S/C20H23F3N4O3/c1-19(2)8-12-4-3-5-14(18(12)30-19)29-11-17(28)24-9-16-26-25-15-7-6-13(10-27(15)16)20(21,22)23/h3-5,13H,6-11H2,1-2H3,(H,24,28)/t13-/m0/s1. The van der Waals surface area contributed by atoms with E-state index < -0.39 is 18.0 Å². The number of nitrogens with one attached hydrogen (secondary N) is 1. The van der Waals surface area contributed by atoms with Gasteiger partial charge in [0, 0.05) is 24.9 Å². The Morgan fingerprint density at radius 2 is 2.17 bits per heavy atom. The second-order valence-electron chi connectivity index (χ2n) is 8.27. The summed E-state index contributed by atoms with van der Waals surface area (Å²) in [6, 6.07) is 5.54. The Balaban J connectivity index is 1.33. The van der Waals surface area contributed by atoms with E-state index in [2.05, 4.69) is 15.5 Å². The molecule has 0 aliphatic carbocycles. The quantitative estimate of drug-likeness (QED) is 0.799. The number of para-hydroxylation sites is 1. The molecular formula is C20H23F3N4O3. The first kappa shape index (κ1) is 20.5. The zero-order valence-corrected chi connectivity index (χ0v) is 16.8. The van der Waals surface area contributed by atoms with Crippen LogP contribution >= 0.6 is 0 Å². The van der Waals surface area contributed by atoms with Gasteiger partial charge in [-0.2, -0.15) is 13.2 Å². The van der Waals surface area contributed by atoms with Gasteiger partial charge < -0.3 is 19.4 Å². The Labute approximate surface area is 171 Å². The number of carbonyl (C=O) groups excluding carboxylic acids is 1. The Morgan fingerprint density at radius 1 is 1.37 bits per heavy atom. The molecule has 0 saturated carbocycles. The van der Waals surface area contributed by atoms with E-state index in [1.54, 1.807) is 6.07 Å². The van der Waals surface area contributed by atoms with Gasteiger partial charge in [-0.25, -0.2) is 0 Å². The minimum Gasteiger partial charge on any atom is -0.483 e. The third-order valence-electron chi connectivity index (χ3n) is 5.34. The summed E-state index contributed by atoms with van der Waals surface area (Å²) in [4.78, 5) is 12.2. The molecule has 4 rings (SSSR count). The molecule has 0 saturated heterocycles. The first-order valence-corrected chi connectivity index (χ1v) is 9.80. The number of ether oxygens (including phenoxy) is 2. The number of aryl methyl sites for hydroxylation is 1.